The first-order valence-corrected chi connectivity index (χ1v) is 9.74. The number of aliphatic hydroxyl groups excluding tert-OH is 1. The Morgan fingerprint density at radius 1 is 1.14 bits per heavy atom. The lowest BCUT2D eigenvalue weighted by Crippen LogP contribution is -2.49. The number of rotatable bonds is 9. The molecular weight excluding hydrogens is 356 g/mol. The van der Waals surface area contributed by atoms with Crippen LogP contribution in [0.5, 0.6) is 5.75 Å². The molecule has 1 aliphatic heterocycles. The number of hydrogen-bond donors (Lipinski definition) is 1. The molecule has 28 heavy (non-hydrogen) atoms. The Morgan fingerprint density at radius 2 is 1.82 bits per heavy atom. The van der Waals surface area contributed by atoms with E-state index in [-0.39, 0.29) is 12.4 Å². The number of benzene rings is 1. The van der Waals surface area contributed by atoms with E-state index in [1.165, 1.54) is 0 Å². The van der Waals surface area contributed by atoms with Crippen molar-refractivity contribution < 1.29 is 14.6 Å². The Bertz CT molecular complexity index is 731. The number of ether oxygens (including phenoxy) is 1. The molecule has 0 saturated carbocycles. The second-order valence-corrected chi connectivity index (χ2v) is 7.15. The standard InChI is InChI=1S/C21H28N4O3/c1-17(26)3-4-18-5-7-20(8-6-18)28-16-19(27)15-24-11-13-25(14-12-24)21-22-9-2-10-23-21/h2,5-10,19,27H,3-4,11-16H2,1H3. The molecule has 0 amide bonds. The summed E-state index contributed by atoms with van der Waals surface area (Å²) in [6.45, 7) is 5.86. The predicted molar refractivity (Wildman–Crippen MR) is 108 cm³/mol. The molecule has 3 rings (SSSR count). The largest absolute Gasteiger partial charge is 0.491 e. The van der Waals surface area contributed by atoms with Crippen molar-refractivity contribution in [2.75, 3.05) is 44.2 Å². The van der Waals surface area contributed by atoms with Gasteiger partial charge in [-0.1, -0.05) is 12.1 Å². The van der Waals surface area contributed by atoms with Crippen molar-refractivity contribution in [2.24, 2.45) is 0 Å². The SMILES string of the molecule is CC(=O)CCc1ccc(OCC(O)CN2CCN(c3ncccn3)CC2)cc1. The summed E-state index contributed by atoms with van der Waals surface area (Å²) in [4.78, 5) is 24.0. The lowest BCUT2D eigenvalue weighted by molar-refractivity contribution is -0.116. The van der Waals surface area contributed by atoms with Gasteiger partial charge in [0.1, 0.15) is 24.2 Å². The summed E-state index contributed by atoms with van der Waals surface area (Å²) in [6, 6.07) is 9.53. The average Bonchev–Trinajstić information content (AvgIpc) is 2.73. The third-order valence-electron chi connectivity index (χ3n) is 4.81. The van der Waals surface area contributed by atoms with Gasteiger partial charge in [-0.2, -0.15) is 0 Å². The number of β-amino-alcohol motifs (C(OH)–C–C–N with tert-alkyl or cyclic N) is 1. The molecule has 0 radical (unpaired) electrons. The molecule has 1 N–H and O–H groups in total. The zero-order valence-corrected chi connectivity index (χ0v) is 16.3. The number of carbonyl (C=O) groups excluding carboxylic acids is 1. The van der Waals surface area contributed by atoms with Crippen molar-refractivity contribution in [3.63, 3.8) is 0 Å². The van der Waals surface area contributed by atoms with E-state index < -0.39 is 6.10 Å². The summed E-state index contributed by atoms with van der Waals surface area (Å²) in [5.41, 5.74) is 1.11. The molecule has 150 valence electrons. The molecule has 1 unspecified atom stereocenters. The molecule has 1 aromatic carbocycles. The first-order chi connectivity index (χ1) is 13.6. The molecule has 1 atom stereocenters. The normalized spacial score (nSPS) is 16.0. The van der Waals surface area contributed by atoms with E-state index in [4.69, 9.17) is 4.74 Å². The Balaban J connectivity index is 1.37. The third-order valence-corrected chi connectivity index (χ3v) is 4.81. The molecular formula is C21H28N4O3. The second-order valence-electron chi connectivity index (χ2n) is 7.15. The number of aliphatic hydroxyl groups is 1. The molecule has 1 aliphatic rings. The van der Waals surface area contributed by atoms with Crippen LogP contribution in [-0.4, -0.2) is 71.2 Å². The van der Waals surface area contributed by atoms with Gasteiger partial charge in [0.25, 0.3) is 0 Å². The maximum Gasteiger partial charge on any atom is 0.225 e. The maximum atomic E-state index is 11.0. The maximum absolute atomic E-state index is 11.0. The zero-order valence-electron chi connectivity index (χ0n) is 16.3. The van der Waals surface area contributed by atoms with E-state index in [2.05, 4.69) is 19.8 Å². The number of ketones is 1. The lowest BCUT2D eigenvalue weighted by atomic mass is 10.1. The first kappa shape index (κ1) is 20.2. The molecule has 1 aromatic heterocycles. The molecule has 2 heterocycles. The molecule has 1 fully saturated rings. The number of nitrogens with zero attached hydrogens (tertiary/aromatic N) is 4. The van der Waals surface area contributed by atoms with Gasteiger partial charge in [-0.05, 0) is 37.1 Å². The highest BCUT2D eigenvalue weighted by atomic mass is 16.5. The quantitative estimate of drug-likeness (QED) is 0.703. The van der Waals surface area contributed by atoms with E-state index >= 15 is 0 Å². The number of carbonyl (C=O) groups is 1. The van der Waals surface area contributed by atoms with Crippen molar-refractivity contribution in [3.8, 4) is 5.75 Å². The van der Waals surface area contributed by atoms with Gasteiger partial charge in [0.2, 0.25) is 5.95 Å². The molecule has 0 spiro atoms. The van der Waals surface area contributed by atoms with Crippen LogP contribution in [0.3, 0.4) is 0 Å². The lowest BCUT2D eigenvalue weighted by Gasteiger charge is -2.35. The van der Waals surface area contributed by atoms with Crippen LogP contribution in [0, 0.1) is 0 Å². The van der Waals surface area contributed by atoms with Gasteiger partial charge in [-0.15, -0.1) is 0 Å². The van der Waals surface area contributed by atoms with Crippen molar-refractivity contribution in [1.29, 1.82) is 0 Å². The van der Waals surface area contributed by atoms with Crippen LogP contribution in [0.15, 0.2) is 42.7 Å². The molecule has 7 nitrogen and oxygen atoms in total. The van der Waals surface area contributed by atoms with Gasteiger partial charge in [0, 0.05) is 51.5 Å². The Labute approximate surface area is 166 Å². The second kappa shape index (κ2) is 10.1. The number of hydrogen-bond acceptors (Lipinski definition) is 7. The minimum absolute atomic E-state index is 0.195. The highest BCUT2D eigenvalue weighted by Crippen LogP contribution is 2.14. The number of piperazine rings is 1. The molecule has 0 bridgehead atoms. The summed E-state index contributed by atoms with van der Waals surface area (Å²) >= 11 is 0. The summed E-state index contributed by atoms with van der Waals surface area (Å²) in [5.74, 6) is 1.69. The fourth-order valence-electron chi connectivity index (χ4n) is 3.20. The summed E-state index contributed by atoms with van der Waals surface area (Å²) in [5, 5.41) is 10.3. The van der Waals surface area contributed by atoms with Crippen LogP contribution in [-0.2, 0) is 11.2 Å². The number of aryl methyl sites for hydroxylation is 1. The Kier molecular flexibility index (Phi) is 7.33. The Morgan fingerprint density at radius 3 is 2.46 bits per heavy atom. The smallest absolute Gasteiger partial charge is 0.225 e. The fourth-order valence-corrected chi connectivity index (χ4v) is 3.20. The van der Waals surface area contributed by atoms with Gasteiger partial charge < -0.3 is 19.5 Å². The fraction of sp³-hybridized carbons (Fsp3) is 0.476. The molecule has 1 saturated heterocycles. The van der Waals surface area contributed by atoms with E-state index in [0.29, 0.717) is 13.0 Å². The molecule has 0 aliphatic carbocycles. The number of aromatic nitrogens is 2. The monoisotopic (exact) mass is 384 g/mol. The van der Waals surface area contributed by atoms with Crippen LogP contribution in [0.25, 0.3) is 0 Å². The highest BCUT2D eigenvalue weighted by molar-refractivity contribution is 5.75. The molecule has 7 heteroatoms. The predicted octanol–water partition coefficient (Wildman–Crippen LogP) is 1.56. The van der Waals surface area contributed by atoms with E-state index in [1.807, 2.05) is 30.3 Å². The topological polar surface area (TPSA) is 78.8 Å². The summed E-state index contributed by atoms with van der Waals surface area (Å²) in [6.07, 6.45) is 4.27. The van der Waals surface area contributed by atoms with Crippen molar-refractivity contribution >= 4 is 11.7 Å². The average molecular weight is 384 g/mol. The minimum atomic E-state index is -0.545. The van der Waals surface area contributed by atoms with Gasteiger partial charge >= 0.3 is 0 Å². The van der Waals surface area contributed by atoms with Crippen LogP contribution >= 0.6 is 0 Å². The minimum Gasteiger partial charge on any atom is -0.491 e. The van der Waals surface area contributed by atoms with Crippen molar-refractivity contribution in [1.82, 2.24) is 14.9 Å². The van der Waals surface area contributed by atoms with E-state index in [0.717, 1.165) is 49.9 Å². The van der Waals surface area contributed by atoms with Crippen molar-refractivity contribution in [3.05, 3.63) is 48.3 Å². The number of anilines is 1. The van der Waals surface area contributed by atoms with Crippen LogP contribution in [0.4, 0.5) is 5.95 Å². The zero-order chi connectivity index (χ0) is 19.8. The van der Waals surface area contributed by atoms with Gasteiger partial charge in [-0.3, -0.25) is 4.90 Å². The van der Waals surface area contributed by atoms with E-state index in [1.54, 1.807) is 19.3 Å². The summed E-state index contributed by atoms with van der Waals surface area (Å²) in [7, 11) is 0. The highest BCUT2D eigenvalue weighted by Gasteiger charge is 2.20. The van der Waals surface area contributed by atoms with Crippen LogP contribution in [0.1, 0.15) is 18.9 Å². The molecule has 2 aromatic rings. The Hall–Kier alpha value is -2.51. The van der Waals surface area contributed by atoms with Crippen LogP contribution in [0.2, 0.25) is 0 Å². The van der Waals surface area contributed by atoms with Crippen LogP contribution < -0.4 is 9.64 Å². The van der Waals surface area contributed by atoms with Gasteiger partial charge in [-0.25, -0.2) is 9.97 Å². The van der Waals surface area contributed by atoms with Gasteiger partial charge in [0.05, 0.1) is 0 Å². The van der Waals surface area contributed by atoms with E-state index in [9.17, 15) is 9.90 Å². The third kappa shape index (κ3) is 6.28. The van der Waals surface area contributed by atoms with Gasteiger partial charge in [0.15, 0.2) is 0 Å². The summed E-state index contributed by atoms with van der Waals surface area (Å²) < 4.78 is 5.71. The first-order valence-electron chi connectivity index (χ1n) is 9.74. The van der Waals surface area contributed by atoms with Crippen molar-refractivity contribution in [2.45, 2.75) is 25.9 Å². The number of Topliss-reactive ketones (excluding diaryl/α,β-unsaturated/α-hetero) is 1.